The predicted octanol–water partition coefficient (Wildman–Crippen LogP) is 2.67. The lowest BCUT2D eigenvalue weighted by molar-refractivity contribution is -0.139. The van der Waals surface area contributed by atoms with E-state index in [1.54, 1.807) is 39.0 Å². The Hall–Kier alpha value is -2.96. The molecule has 0 aliphatic carbocycles. The third-order valence-corrected chi connectivity index (χ3v) is 4.37. The van der Waals surface area contributed by atoms with Gasteiger partial charge in [0, 0.05) is 17.5 Å². The van der Waals surface area contributed by atoms with Crippen LogP contribution in [0.5, 0.6) is 11.5 Å². The van der Waals surface area contributed by atoms with Crippen LogP contribution in [0.3, 0.4) is 0 Å². The van der Waals surface area contributed by atoms with Crippen molar-refractivity contribution in [1.29, 1.82) is 0 Å². The molecule has 1 aliphatic heterocycles. The Morgan fingerprint density at radius 2 is 1.44 bits per heavy atom. The van der Waals surface area contributed by atoms with Crippen molar-refractivity contribution in [1.82, 2.24) is 5.32 Å². The normalized spacial score (nSPS) is 16.6. The average molecular weight is 375 g/mol. The maximum Gasteiger partial charge on any atom is 0.336 e. The van der Waals surface area contributed by atoms with Crippen LogP contribution in [0.15, 0.2) is 40.7 Å². The lowest BCUT2D eigenvalue weighted by Crippen LogP contribution is -2.32. The topological polar surface area (TPSA) is 83.1 Å². The van der Waals surface area contributed by atoms with Gasteiger partial charge in [0.05, 0.1) is 45.0 Å². The van der Waals surface area contributed by atoms with E-state index in [4.69, 9.17) is 18.9 Å². The molecule has 0 radical (unpaired) electrons. The van der Waals surface area contributed by atoms with Crippen LogP contribution in [0, 0.1) is 0 Å². The number of hydrogen-bond acceptors (Lipinski definition) is 7. The molecule has 0 bridgehead atoms. The average Bonchev–Trinajstić information content (AvgIpc) is 2.66. The first-order valence-electron chi connectivity index (χ1n) is 8.54. The van der Waals surface area contributed by atoms with Crippen molar-refractivity contribution in [3.63, 3.8) is 0 Å². The number of carbonyl (C=O) groups excluding carboxylic acids is 2. The van der Waals surface area contributed by atoms with Crippen molar-refractivity contribution in [3.8, 4) is 11.5 Å². The molecule has 0 aromatic heterocycles. The molecule has 7 nitrogen and oxygen atoms in total. The van der Waals surface area contributed by atoms with Crippen LogP contribution in [0.4, 0.5) is 0 Å². The van der Waals surface area contributed by atoms with Crippen LogP contribution in [0.2, 0.25) is 0 Å². The Morgan fingerprint density at radius 1 is 0.926 bits per heavy atom. The number of allylic oxidation sites excluding steroid dienone is 2. The van der Waals surface area contributed by atoms with Gasteiger partial charge in [-0.25, -0.2) is 9.59 Å². The highest BCUT2D eigenvalue weighted by molar-refractivity contribution is 5.99. The second kappa shape index (κ2) is 8.62. The zero-order valence-electron chi connectivity index (χ0n) is 16.5. The van der Waals surface area contributed by atoms with Crippen molar-refractivity contribution in [2.24, 2.45) is 0 Å². The van der Waals surface area contributed by atoms with Crippen molar-refractivity contribution < 1.29 is 28.5 Å². The molecule has 1 heterocycles. The summed E-state index contributed by atoms with van der Waals surface area (Å²) < 4.78 is 20.9. The maximum atomic E-state index is 12.7. The summed E-state index contributed by atoms with van der Waals surface area (Å²) in [4.78, 5) is 25.3. The maximum absolute atomic E-state index is 12.7. The highest BCUT2D eigenvalue weighted by Gasteiger charge is 2.38. The van der Waals surface area contributed by atoms with Crippen molar-refractivity contribution in [3.05, 3.63) is 46.3 Å². The molecule has 1 aliphatic rings. The number of nitrogens with one attached hydrogen (secondary N) is 1. The number of methoxy groups -OCH3 is 3. The fourth-order valence-electron chi connectivity index (χ4n) is 3.18. The second-order valence-electron chi connectivity index (χ2n) is 5.99. The van der Waals surface area contributed by atoms with Gasteiger partial charge in [0.1, 0.15) is 11.5 Å². The lowest BCUT2D eigenvalue weighted by atomic mass is 9.80. The van der Waals surface area contributed by atoms with Gasteiger partial charge in [0.25, 0.3) is 0 Å². The number of esters is 2. The van der Waals surface area contributed by atoms with Crippen molar-refractivity contribution in [2.45, 2.75) is 26.7 Å². The van der Waals surface area contributed by atoms with Crippen LogP contribution in [0.25, 0.3) is 0 Å². The summed E-state index contributed by atoms with van der Waals surface area (Å²) in [6.45, 7) is 5.49. The molecule has 0 fully saturated rings. The molecule has 0 amide bonds. The van der Waals surface area contributed by atoms with Crippen LogP contribution in [-0.2, 0) is 19.1 Å². The predicted molar refractivity (Wildman–Crippen MR) is 99.5 cm³/mol. The van der Waals surface area contributed by atoms with E-state index in [0.717, 1.165) is 0 Å². The minimum Gasteiger partial charge on any atom is -0.497 e. The molecule has 1 atom stereocenters. The molecule has 1 unspecified atom stereocenters. The zero-order valence-corrected chi connectivity index (χ0v) is 16.5. The number of ether oxygens (including phenoxy) is 4. The Morgan fingerprint density at radius 3 is 1.89 bits per heavy atom. The summed E-state index contributed by atoms with van der Waals surface area (Å²) in [6.07, 6.45) is 0. The van der Waals surface area contributed by atoms with Gasteiger partial charge in [-0.1, -0.05) is 0 Å². The standard InChI is InChI=1S/C20H25NO6/c1-7-27-20(23)17-12(3)21-11(2)16(19(22)26-6)18(17)13-8-14(24-4)10-15(9-13)25-5/h8-10,18,21H,7H2,1-6H3. The molecular formula is C20H25NO6. The smallest absolute Gasteiger partial charge is 0.336 e. The lowest BCUT2D eigenvalue weighted by Gasteiger charge is -2.30. The second-order valence-corrected chi connectivity index (χ2v) is 5.99. The molecule has 27 heavy (non-hydrogen) atoms. The highest BCUT2D eigenvalue weighted by Crippen LogP contribution is 2.41. The van der Waals surface area contributed by atoms with E-state index < -0.39 is 17.9 Å². The van der Waals surface area contributed by atoms with Gasteiger partial charge < -0.3 is 24.3 Å². The van der Waals surface area contributed by atoms with Gasteiger partial charge in [-0.15, -0.1) is 0 Å². The fourth-order valence-corrected chi connectivity index (χ4v) is 3.18. The molecule has 1 aromatic rings. The number of carbonyl (C=O) groups is 2. The number of hydrogen-bond donors (Lipinski definition) is 1. The van der Waals surface area contributed by atoms with E-state index in [-0.39, 0.29) is 6.61 Å². The summed E-state index contributed by atoms with van der Waals surface area (Å²) in [5, 5.41) is 3.09. The van der Waals surface area contributed by atoms with E-state index >= 15 is 0 Å². The summed E-state index contributed by atoms with van der Waals surface area (Å²) in [6, 6.07) is 5.25. The molecule has 1 N–H and O–H groups in total. The van der Waals surface area contributed by atoms with Crippen LogP contribution >= 0.6 is 0 Å². The first kappa shape index (κ1) is 20.4. The number of rotatable bonds is 6. The van der Waals surface area contributed by atoms with Crippen LogP contribution in [-0.4, -0.2) is 39.9 Å². The van der Waals surface area contributed by atoms with Gasteiger partial charge in [0.15, 0.2) is 0 Å². The summed E-state index contributed by atoms with van der Waals surface area (Å²) >= 11 is 0. The van der Waals surface area contributed by atoms with E-state index in [2.05, 4.69) is 5.32 Å². The van der Waals surface area contributed by atoms with Crippen molar-refractivity contribution >= 4 is 11.9 Å². The van der Waals surface area contributed by atoms with E-state index in [1.807, 2.05) is 0 Å². The Kier molecular flexibility index (Phi) is 6.50. The molecule has 146 valence electrons. The van der Waals surface area contributed by atoms with E-state index in [1.165, 1.54) is 21.3 Å². The molecular weight excluding hydrogens is 350 g/mol. The van der Waals surface area contributed by atoms with E-state index in [9.17, 15) is 9.59 Å². The quantitative estimate of drug-likeness (QED) is 0.765. The SMILES string of the molecule is CCOC(=O)C1=C(C)NC(C)=C(C(=O)OC)C1c1cc(OC)cc(OC)c1. The Balaban J connectivity index is 2.74. The van der Waals surface area contributed by atoms with Crippen molar-refractivity contribution in [2.75, 3.05) is 27.9 Å². The Bertz CT molecular complexity index is 786. The van der Waals surface area contributed by atoms with Gasteiger partial charge in [-0.2, -0.15) is 0 Å². The number of dihydropyridines is 1. The first-order chi connectivity index (χ1) is 12.9. The summed E-state index contributed by atoms with van der Waals surface area (Å²) in [5.41, 5.74) is 2.57. The van der Waals surface area contributed by atoms with Gasteiger partial charge >= 0.3 is 11.9 Å². The molecule has 0 spiro atoms. The highest BCUT2D eigenvalue weighted by atomic mass is 16.5. The molecule has 0 saturated heterocycles. The summed E-state index contributed by atoms with van der Waals surface area (Å²) in [5.74, 6) is -0.609. The molecule has 0 saturated carbocycles. The third-order valence-electron chi connectivity index (χ3n) is 4.37. The third kappa shape index (κ3) is 4.07. The van der Waals surface area contributed by atoms with Gasteiger partial charge in [0.2, 0.25) is 0 Å². The van der Waals surface area contributed by atoms with E-state index in [0.29, 0.717) is 39.6 Å². The van der Waals surface area contributed by atoms with Crippen LogP contribution < -0.4 is 14.8 Å². The summed E-state index contributed by atoms with van der Waals surface area (Å²) in [7, 11) is 4.38. The Labute approximate surface area is 158 Å². The molecule has 1 aromatic carbocycles. The zero-order chi connectivity index (χ0) is 20.1. The minimum absolute atomic E-state index is 0.222. The minimum atomic E-state index is -0.679. The first-order valence-corrected chi connectivity index (χ1v) is 8.54. The monoisotopic (exact) mass is 375 g/mol. The van der Waals surface area contributed by atoms with Gasteiger partial charge in [-0.05, 0) is 38.5 Å². The number of benzene rings is 1. The van der Waals surface area contributed by atoms with Gasteiger partial charge in [-0.3, -0.25) is 0 Å². The van der Waals surface area contributed by atoms with Crippen LogP contribution in [0.1, 0.15) is 32.3 Å². The largest absolute Gasteiger partial charge is 0.497 e. The molecule has 7 heteroatoms. The fraction of sp³-hybridized carbons (Fsp3) is 0.400. The molecule has 2 rings (SSSR count).